The Labute approximate surface area is 419 Å². The van der Waals surface area contributed by atoms with E-state index >= 15 is 0 Å². The van der Waals surface area contributed by atoms with E-state index in [0.717, 1.165) is 51.1 Å². The van der Waals surface area contributed by atoms with Gasteiger partial charge in [0.05, 0.1) is 6.26 Å². The Kier molecular flexibility index (Phi) is 54.1. The Balaban J connectivity index is 5.23. The Morgan fingerprint density at radius 3 is 1.15 bits per heavy atom. The van der Waals surface area contributed by atoms with Crippen LogP contribution in [0.15, 0.2) is 72.6 Å². The molecule has 0 aromatic carbocycles. The van der Waals surface area contributed by atoms with Crippen LogP contribution in [0.25, 0.3) is 0 Å². The van der Waals surface area contributed by atoms with Crippen molar-refractivity contribution in [2.45, 2.75) is 316 Å². The normalized spacial score (nSPS) is 13.4. The maximum Gasteiger partial charge on any atom is 0.119 e. The number of carbonyl (C=O) groups is 2. The van der Waals surface area contributed by atoms with Crippen molar-refractivity contribution in [1.82, 2.24) is 0 Å². The van der Waals surface area contributed by atoms with Crippen LogP contribution in [0.1, 0.15) is 316 Å². The summed E-state index contributed by atoms with van der Waals surface area (Å²) in [5.74, 6) is 0. The van der Waals surface area contributed by atoms with Crippen LogP contribution in [-0.4, -0.2) is 17.7 Å². The van der Waals surface area contributed by atoms with Gasteiger partial charge in [-0.15, -0.1) is 0 Å². The zero-order chi connectivity index (χ0) is 48.5. The number of hydrogen-bond donors (Lipinski definition) is 1. The standard InChI is InChI=1S/C64H114O3/c1-3-5-7-8-9-10-11-12-17-22-27-32-37-44-54-63(53-43-6-4-2)55-45-49-59-64(58-48-42-52-62-67,56-46-38-33-28-23-18-13-15-20-25-30-35-40-50-60-65)57-47-39-34-29-24-19-14-16-21-26-31-36-41-51-61-66/h22-23,27-28,32-33,37-38,51,53,60-62,66H,3-21,24-26,29-31,34-36,39-50,52,54-59H2,1-2H3/b27-22?,28-23-,37-32?,38-33?,61-51?,63-53-. The fraction of sp³-hybridized carbons (Fsp3) is 0.781. The minimum Gasteiger partial charge on any atom is -0.516 e. The Hall–Kier alpha value is -2.42. The van der Waals surface area contributed by atoms with Crippen molar-refractivity contribution in [1.29, 1.82) is 0 Å². The maximum absolute atomic E-state index is 11.3. The Morgan fingerprint density at radius 2 is 0.687 bits per heavy atom. The molecular formula is C64H114O3. The average molecular weight is 932 g/mol. The van der Waals surface area contributed by atoms with E-state index < -0.39 is 0 Å². The summed E-state index contributed by atoms with van der Waals surface area (Å²) < 4.78 is 0. The van der Waals surface area contributed by atoms with E-state index in [1.54, 1.807) is 5.57 Å². The molecule has 0 amide bonds. The molecule has 0 aliphatic carbocycles. The number of rotatable bonds is 55. The van der Waals surface area contributed by atoms with Crippen LogP contribution >= 0.6 is 0 Å². The van der Waals surface area contributed by atoms with Gasteiger partial charge in [0, 0.05) is 12.8 Å². The number of aldehydes is 2. The lowest BCUT2D eigenvalue weighted by molar-refractivity contribution is -0.108. The fourth-order valence-corrected chi connectivity index (χ4v) is 9.90. The molecule has 0 bridgehead atoms. The number of hydrogen-bond acceptors (Lipinski definition) is 3. The average Bonchev–Trinajstić information content (AvgIpc) is 3.34. The van der Waals surface area contributed by atoms with Gasteiger partial charge in [0.15, 0.2) is 0 Å². The monoisotopic (exact) mass is 931 g/mol. The molecule has 0 aromatic heterocycles. The second-order valence-corrected chi connectivity index (χ2v) is 20.6. The molecule has 0 aliphatic heterocycles. The predicted octanol–water partition coefficient (Wildman–Crippen LogP) is 22.0. The number of aliphatic hydroxyl groups is 1. The highest BCUT2D eigenvalue weighted by Gasteiger charge is 2.28. The van der Waals surface area contributed by atoms with E-state index in [4.69, 9.17) is 5.11 Å². The van der Waals surface area contributed by atoms with E-state index in [9.17, 15) is 9.59 Å². The van der Waals surface area contributed by atoms with Gasteiger partial charge in [-0.05, 0) is 121 Å². The third kappa shape index (κ3) is 49.8. The second-order valence-electron chi connectivity index (χ2n) is 20.6. The van der Waals surface area contributed by atoms with Gasteiger partial charge in [-0.2, -0.15) is 0 Å². The molecule has 0 heterocycles. The minimum atomic E-state index is 0.383. The van der Waals surface area contributed by atoms with E-state index in [2.05, 4.69) is 68.5 Å². The van der Waals surface area contributed by atoms with Gasteiger partial charge in [-0.25, -0.2) is 0 Å². The van der Waals surface area contributed by atoms with E-state index in [-0.39, 0.29) is 0 Å². The largest absolute Gasteiger partial charge is 0.516 e. The van der Waals surface area contributed by atoms with Gasteiger partial charge >= 0.3 is 0 Å². The van der Waals surface area contributed by atoms with Crippen molar-refractivity contribution < 1.29 is 14.7 Å². The molecule has 0 saturated heterocycles. The topological polar surface area (TPSA) is 54.4 Å². The second kappa shape index (κ2) is 56.2. The van der Waals surface area contributed by atoms with Crippen molar-refractivity contribution in [3.05, 3.63) is 72.6 Å². The zero-order valence-corrected chi connectivity index (χ0v) is 45.0. The molecule has 1 atom stereocenters. The first kappa shape index (κ1) is 64.6. The number of carbonyl (C=O) groups excluding carboxylic acids is 2. The molecule has 3 nitrogen and oxygen atoms in total. The van der Waals surface area contributed by atoms with Gasteiger partial charge in [-0.1, -0.05) is 254 Å². The summed E-state index contributed by atoms with van der Waals surface area (Å²) in [5.41, 5.74) is 2.07. The van der Waals surface area contributed by atoms with Crippen LogP contribution in [0.3, 0.4) is 0 Å². The van der Waals surface area contributed by atoms with Gasteiger partial charge in [0.2, 0.25) is 0 Å². The molecule has 0 saturated carbocycles. The smallest absolute Gasteiger partial charge is 0.119 e. The first-order valence-electron chi connectivity index (χ1n) is 29.7. The molecule has 3 heteroatoms. The van der Waals surface area contributed by atoms with Crippen molar-refractivity contribution in [3.63, 3.8) is 0 Å². The summed E-state index contributed by atoms with van der Waals surface area (Å²) >= 11 is 0. The third-order valence-corrected chi connectivity index (χ3v) is 14.3. The quantitative estimate of drug-likeness (QED) is 0.0217. The summed E-state index contributed by atoms with van der Waals surface area (Å²) in [7, 11) is 0. The van der Waals surface area contributed by atoms with Crippen LogP contribution in [0.5, 0.6) is 0 Å². The lowest BCUT2D eigenvalue weighted by atomic mass is 9.71. The van der Waals surface area contributed by atoms with E-state index in [1.807, 2.05) is 6.08 Å². The summed E-state index contributed by atoms with van der Waals surface area (Å²) in [4.78, 5) is 21.8. The first-order valence-corrected chi connectivity index (χ1v) is 29.7. The van der Waals surface area contributed by atoms with Crippen LogP contribution in [0.4, 0.5) is 0 Å². The van der Waals surface area contributed by atoms with Crippen LogP contribution < -0.4 is 0 Å². The number of allylic oxidation sites excluding steroid dienone is 11. The fourth-order valence-electron chi connectivity index (χ4n) is 9.90. The minimum absolute atomic E-state index is 0.383. The van der Waals surface area contributed by atoms with Crippen molar-refractivity contribution in [2.75, 3.05) is 0 Å². The van der Waals surface area contributed by atoms with Gasteiger partial charge < -0.3 is 14.7 Å². The molecule has 0 aliphatic rings. The number of unbranched alkanes of at least 4 members (excludes halogenated alkanes) is 33. The molecule has 0 fully saturated rings. The molecule has 0 aromatic rings. The predicted molar refractivity (Wildman–Crippen MR) is 299 cm³/mol. The SMILES string of the molecule is CCCC/C=C(/CCC=CC=CCCCCCCCCCC)CCCCC(CCC=C/C=C\CCCCCCCCCC=O)(CCCCC=O)CCCCCCCCCCCCCCC=CO. The van der Waals surface area contributed by atoms with Crippen molar-refractivity contribution >= 4 is 12.6 Å². The van der Waals surface area contributed by atoms with Gasteiger partial charge in [-0.3, -0.25) is 0 Å². The summed E-state index contributed by atoms with van der Waals surface area (Å²) in [5, 5.41) is 8.79. The lowest BCUT2D eigenvalue weighted by Gasteiger charge is -2.35. The molecule has 0 spiro atoms. The van der Waals surface area contributed by atoms with Crippen molar-refractivity contribution in [3.8, 4) is 0 Å². The molecule has 0 radical (unpaired) electrons. The highest BCUT2D eigenvalue weighted by Crippen LogP contribution is 2.42. The first-order chi connectivity index (χ1) is 33.2. The summed E-state index contributed by atoms with van der Waals surface area (Å²) in [6, 6.07) is 0. The van der Waals surface area contributed by atoms with Crippen LogP contribution in [0.2, 0.25) is 0 Å². The molecule has 0 rings (SSSR count). The van der Waals surface area contributed by atoms with Gasteiger partial charge in [0.1, 0.15) is 12.6 Å². The highest BCUT2D eigenvalue weighted by atomic mass is 16.2. The molecule has 388 valence electrons. The van der Waals surface area contributed by atoms with E-state index in [0.29, 0.717) is 11.8 Å². The lowest BCUT2D eigenvalue weighted by Crippen LogP contribution is -2.21. The van der Waals surface area contributed by atoms with Crippen LogP contribution in [0, 0.1) is 5.41 Å². The molecule has 1 N–H and O–H groups in total. The van der Waals surface area contributed by atoms with Crippen molar-refractivity contribution in [2.24, 2.45) is 5.41 Å². The molecule has 67 heavy (non-hydrogen) atoms. The summed E-state index contributed by atoms with van der Waals surface area (Å²) in [6.45, 7) is 4.61. The third-order valence-electron chi connectivity index (χ3n) is 14.3. The maximum atomic E-state index is 11.3. The van der Waals surface area contributed by atoms with E-state index in [1.165, 1.54) is 263 Å². The molecule has 1 unspecified atom stereocenters. The highest BCUT2D eigenvalue weighted by molar-refractivity contribution is 5.49. The Morgan fingerprint density at radius 1 is 0.328 bits per heavy atom. The number of aliphatic hydroxyl groups excluding tert-OH is 1. The van der Waals surface area contributed by atoms with Crippen LogP contribution in [-0.2, 0) is 9.59 Å². The summed E-state index contributed by atoms with van der Waals surface area (Å²) in [6.07, 6.45) is 86.1. The Bertz CT molecular complexity index is 1190. The molecular weight excluding hydrogens is 817 g/mol. The van der Waals surface area contributed by atoms with Gasteiger partial charge in [0.25, 0.3) is 0 Å². The zero-order valence-electron chi connectivity index (χ0n) is 45.0.